The molecular weight excluding hydrogens is 302 g/mol. The highest BCUT2D eigenvalue weighted by Gasteiger charge is 2.32. The minimum Gasteiger partial charge on any atom is -0.374 e. The fraction of sp³-hybridized carbons (Fsp3) is 0.462. The maximum absolute atomic E-state index is 13.4. The lowest BCUT2D eigenvalue weighted by atomic mass is 10.2. The van der Waals surface area contributed by atoms with Gasteiger partial charge < -0.3 is 10.2 Å². The van der Waals surface area contributed by atoms with Gasteiger partial charge in [-0.25, -0.2) is 17.2 Å². The van der Waals surface area contributed by atoms with Crippen molar-refractivity contribution in [3.05, 3.63) is 29.8 Å². The van der Waals surface area contributed by atoms with Gasteiger partial charge in [0.2, 0.25) is 5.91 Å². The maximum atomic E-state index is 13.4. The van der Waals surface area contributed by atoms with Crippen molar-refractivity contribution in [2.75, 3.05) is 30.4 Å². The number of anilines is 1. The number of likely N-dealkylation sites (N-methyl/N-ethyl adjacent to an activating group) is 1. The number of benzene rings is 1. The van der Waals surface area contributed by atoms with E-state index >= 15 is 0 Å². The average molecular weight is 318 g/mol. The Morgan fingerprint density at radius 1 is 1.43 bits per heavy atom. The largest absolute Gasteiger partial charge is 0.374 e. The van der Waals surface area contributed by atoms with E-state index in [1.165, 1.54) is 11.9 Å². The van der Waals surface area contributed by atoms with E-state index in [0.717, 1.165) is 18.2 Å². The molecule has 0 unspecified atom stereocenters. The molecule has 1 saturated heterocycles. The molecule has 1 aliphatic rings. The molecule has 2 rings (SSSR count). The molecule has 1 N–H and O–H groups in total. The van der Waals surface area contributed by atoms with Crippen LogP contribution in [0.5, 0.6) is 0 Å². The Hall–Kier alpha value is -1.70. The lowest BCUT2D eigenvalue weighted by Gasteiger charge is -2.23. The molecule has 5 nitrogen and oxygen atoms in total. The van der Waals surface area contributed by atoms with Gasteiger partial charge in [0.15, 0.2) is 9.84 Å². The van der Waals surface area contributed by atoms with Gasteiger partial charge >= 0.3 is 0 Å². The first-order chi connectivity index (χ1) is 9.78. The highest BCUT2D eigenvalue weighted by atomic mass is 32.2. The summed E-state index contributed by atoms with van der Waals surface area (Å²) in [5.74, 6) is -1.62. The van der Waals surface area contributed by atoms with Crippen LogP contribution in [-0.4, -0.2) is 50.4 Å². The van der Waals surface area contributed by atoms with Crippen LogP contribution in [0.3, 0.4) is 0 Å². The highest BCUT2D eigenvalue weighted by molar-refractivity contribution is 7.91. The molecule has 0 bridgehead atoms. The molecule has 1 aromatic rings. The Morgan fingerprint density at radius 3 is 2.76 bits per heavy atom. The molecule has 21 heavy (non-hydrogen) atoms. The first-order valence-electron chi connectivity index (χ1n) is 6.43. The molecule has 0 radical (unpaired) electrons. The molecule has 8 heteroatoms. The van der Waals surface area contributed by atoms with Crippen molar-refractivity contribution in [3.63, 3.8) is 0 Å². The molecule has 1 aliphatic heterocycles. The molecule has 0 spiro atoms. The fourth-order valence-corrected chi connectivity index (χ4v) is 3.99. The van der Waals surface area contributed by atoms with E-state index in [0.29, 0.717) is 6.42 Å². The topological polar surface area (TPSA) is 66.5 Å². The zero-order valence-corrected chi connectivity index (χ0v) is 12.3. The van der Waals surface area contributed by atoms with E-state index in [4.69, 9.17) is 0 Å². The Morgan fingerprint density at radius 2 is 2.14 bits per heavy atom. The molecular formula is C13H16F2N2O3S. The van der Waals surface area contributed by atoms with Crippen LogP contribution in [0.15, 0.2) is 18.2 Å². The van der Waals surface area contributed by atoms with Crippen LogP contribution in [0, 0.1) is 11.6 Å². The number of sulfone groups is 1. The predicted molar refractivity (Wildman–Crippen MR) is 74.7 cm³/mol. The summed E-state index contributed by atoms with van der Waals surface area (Å²) in [5.41, 5.74) is -0.101. The molecule has 1 fully saturated rings. The minimum atomic E-state index is -3.08. The third-order valence-electron chi connectivity index (χ3n) is 3.51. The number of carbonyl (C=O) groups is 1. The van der Waals surface area contributed by atoms with Crippen molar-refractivity contribution >= 4 is 21.4 Å². The Kier molecular flexibility index (Phi) is 4.46. The zero-order chi connectivity index (χ0) is 15.6. The molecule has 0 saturated carbocycles. The SMILES string of the molecule is CN(C(=O)CNc1cc(F)ccc1F)[C@H]1CCS(=O)(=O)C1. The first-order valence-corrected chi connectivity index (χ1v) is 8.25. The normalized spacial score (nSPS) is 20.2. The average Bonchev–Trinajstić information content (AvgIpc) is 2.79. The molecule has 1 atom stereocenters. The smallest absolute Gasteiger partial charge is 0.241 e. The molecule has 116 valence electrons. The van der Waals surface area contributed by atoms with Crippen LogP contribution >= 0.6 is 0 Å². The lowest BCUT2D eigenvalue weighted by molar-refractivity contribution is -0.129. The fourth-order valence-electron chi connectivity index (χ4n) is 2.21. The summed E-state index contributed by atoms with van der Waals surface area (Å²) in [7, 11) is -1.57. The van der Waals surface area contributed by atoms with Gasteiger partial charge in [-0.3, -0.25) is 4.79 Å². The minimum absolute atomic E-state index is 0.0520. The second kappa shape index (κ2) is 5.97. The van der Waals surface area contributed by atoms with Crippen LogP contribution in [0.4, 0.5) is 14.5 Å². The summed E-state index contributed by atoms with van der Waals surface area (Å²) in [4.78, 5) is 13.3. The summed E-state index contributed by atoms with van der Waals surface area (Å²) >= 11 is 0. The van der Waals surface area contributed by atoms with Crippen molar-refractivity contribution < 1.29 is 22.0 Å². The number of halogens is 2. The van der Waals surface area contributed by atoms with Gasteiger partial charge in [-0.2, -0.15) is 0 Å². The van der Waals surface area contributed by atoms with E-state index in [-0.39, 0.29) is 35.7 Å². The molecule has 0 aromatic heterocycles. The van der Waals surface area contributed by atoms with Gasteiger partial charge in [0, 0.05) is 13.1 Å². The molecule has 1 amide bonds. The molecule has 1 aromatic carbocycles. The summed E-state index contributed by atoms with van der Waals surface area (Å²) < 4.78 is 49.2. The standard InChI is InChI=1S/C13H16F2N2O3S/c1-17(10-4-5-21(19,20)8-10)13(18)7-16-12-6-9(14)2-3-11(12)15/h2-3,6,10,16H,4-5,7-8H2,1H3/t10-/m0/s1. The zero-order valence-electron chi connectivity index (χ0n) is 11.5. The first kappa shape index (κ1) is 15.7. The van der Waals surface area contributed by atoms with Crippen LogP contribution < -0.4 is 5.32 Å². The number of carbonyl (C=O) groups excluding carboxylic acids is 1. The van der Waals surface area contributed by atoms with Gasteiger partial charge in [0.05, 0.1) is 23.7 Å². The monoisotopic (exact) mass is 318 g/mol. The van der Waals surface area contributed by atoms with Crippen molar-refractivity contribution in [2.45, 2.75) is 12.5 Å². The van der Waals surface area contributed by atoms with Crippen LogP contribution in [0.25, 0.3) is 0 Å². The van der Waals surface area contributed by atoms with E-state index < -0.39 is 21.5 Å². The van der Waals surface area contributed by atoms with Crippen molar-refractivity contribution in [1.29, 1.82) is 0 Å². The van der Waals surface area contributed by atoms with Gasteiger partial charge in [0.25, 0.3) is 0 Å². The van der Waals surface area contributed by atoms with Gasteiger partial charge in [-0.05, 0) is 24.6 Å². The van der Waals surface area contributed by atoms with E-state index in [1.807, 2.05) is 0 Å². The summed E-state index contributed by atoms with van der Waals surface area (Å²) in [6, 6.07) is 2.55. The summed E-state index contributed by atoms with van der Waals surface area (Å²) in [5, 5.41) is 2.52. The van der Waals surface area contributed by atoms with Crippen molar-refractivity contribution in [1.82, 2.24) is 4.90 Å². The van der Waals surface area contributed by atoms with Crippen molar-refractivity contribution in [3.8, 4) is 0 Å². The number of nitrogens with zero attached hydrogens (tertiary/aromatic N) is 1. The number of amides is 1. The van der Waals surface area contributed by atoms with Crippen molar-refractivity contribution in [2.24, 2.45) is 0 Å². The van der Waals surface area contributed by atoms with Gasteiger partial charge in [-0.1, -0.05) is 0 Å². The highest BCUT2D eigenvalue weighted by Crippen LogP contribution is 2.18. The van der Waals surface area contributed by atoms with Gasteiger partial charge in [-0.15, -0.1) is 0 Å². The predicted octanol–water partition coefficient (Wildman–Crippen LogP) is 1.02. The lowest BCUT2D eigenvalue weighted by Crippen LogP contribution is -2.41. The summed E-state index contributed by atoms with van der Waals surface area (Å²) in [6.45, 7) is -0.229. The second-order valence-electron chi connectivity index (χ2n) is 5.04. The molecule has 0 aliphatic carbocycles. The number of rotatable bonds is 4. The number of hydrogen-bond donors (Lipinski definition) is 1. The Bertz CT molecular complexity index is 649. The van der Waals surface area contributed by atoms with Crippen LogP contribution in [0.2, 0.25) is 0 Å². The second-order valence-corrected chi connectivity index (χ2v) is 7.27. The molecule has 1 heterocycles. The third kappa shape index (κ3) is 3.90. The van der Waals surface area contributed by atoms with Gasteiger partial charge in [0.1, 0.15) is 11.6 Å². The third-order valence-corrected chi connectivity index (χ3v) is 5.26. The summed E-state index contributed by atoms with van der Waals surface area (Å²) in [6.07, 6.45) is 0.402. The van der Waals surface area contributed by atoms with E-state index in [9.17, 15) is 22.0 Å². The van der Waals surface area contributed by atoms with Crippen LogP contribution in [0.1, 0.15) is 6.42 Å². The van der Waals surface area contributed by atoms with E-state index in [2.05, 4.69) is 5.32 Å². The van der Waals surface area contributed by atoms with Crippen LogP contribution in [-0.2, 0) is 14.6 Å². The maximum Gasteiger partial charge on any atom is 0.241 e. The number of nitrogens with one attached hydrogen (secondary N) is 1. The Balaban J connectivity index is 1.94. The quantitative estimate of drug-likeness (QED) is 0.900. The Labute approximate surface area is 121 Å². The van der Waals surface area contributed by atoms with E-state index in [1.54, 1.807) is 0 Å². The number of hydrogen-bond acceptors (Lipinski definition) is 4.